The van der Waals surface area contributed by atoms with Crippen molar-refractivity contribution in [1.29, 1.82) is 0 Å². The number of nitrogens with zero attached hydrogens (tertiary/aromatic N) is 5. The molecule has 1 atom stereocenters. The molecule has 0 radical (unpaired) electrons. The molecule has 10 heteroatoms. The van der Waals surface area contributed by atoms with Crippen molar-refractivity contribution < 1.29 is 13.7 Å². The van der Waals surface area contributed by atoms with Crippen molar-refractivity contribution in [3.8, 4) is 11.3 Å². The van der Waals surface area contributed by atoms with Crippen LogP contribution in [-0.4, -0.2) is 51.4 Å². The number of aromatic nitrogens is 4. The van der Waals surface area contributed by atoms with Gasteiger partial charge in [0.05, 0.1) is 25.0 Å². The summed E-state index contributed by atoms with van der Waals surface area (Å²) in [5.74, 6) is 0.600. The summed E-state index contributed by atoms with van der Waals surface area (Å²) in [7, 11) is 0. The Bertz CT molecular complexity index is 1160. The summed E-state index contributed by atoms with van der Waals surface area (Å²) in [5.41, 5.74) is 2.12. The van der Waals surface area contributed by atoms with Gasteiger partial charge in [-0.2, -0.15) is 5.10 Å². The van der Waals surface area contributed by atoms with E-state index in [9.17, 15) is 9.18 Å². The maximum Gasteiger partial charge on any atom is 0.269 e. The molecule has 2 fully saturated rings. The van der Waals surface area contributed by atoms with Crippen molar-refractivity contribution in [2.24, 2.45) is 0 Å². The summed E-state index contributed by atoms with van der Waals surface area (Å²) in [5, 5.41) is 8.83. The second-order valence-corrected chi connectivity index (χ2v) is 8.51. The number of hydrogen-bond donors (Lipinski definition) is 0. The molecule has 162 valence electrons. The fourth-order valence-corrected chi connectivity index (χ4v) is 4.32. The molecule has 2 aliphatic heterocycles. The highest BCUT2D eigenvalue weighted by Crippen LogP contribution is 2.37. The number of ether oxygens (including phenoxy) is 1. The number of hydrogen-bond acceptors (Lipinski definition) is 7. The highest BCUT2D eigenvalue weighted by Gasteiger charge is 2.48. The maximum atomic E-state index is 13.7. The van der Waals surface area contributed by atoms with E-state index in [1.165, 1.54) is 4.68 Å². The monoisotopic (exact) mass is 445 g/mol. The molecule has 31 heavy (non-hydrogen) atoms. The molecule has 0 bridgehead atoms. The second kappa shape index (κ2) is 7.72. The highest BCUT2D eigenvalue weighted by atomic mass is 35.5. The quantitative estimate of drug-likeness (QED) is 0.570. The SMILES string of the molecule is Cc1onc(-c2ccc(Cl)nc2)c1Cn1ncc(N2CC3(C[C@H](F)CCO3)C2)cc1=O. The molecule has 5 heterocycles. The minimum absolute atomic E-state index is 0.211. The first-order valence-corrected chi connectivity index (χ1v) is 10.5. The van der Waals surface area contributed by atoms with Crippen molar-refractivity contribution in [1.82, 2.24) is 19.9 Å². The van der Waals surface area contributed by atoms with Crippen LogP contribution in [0.5, 0.6) is 0 Å². The zero-order chi connectivity index (χ0) is 21.6. The third kappa shape index (κ3) is 3.83. The number of aryl methyl sites for hydroxylation is 1. The van der Waals surface area contributed by atoms with Crippen molar-refractivity contribution in [2.45, 2.75) is 38.1 Å². The minimum atomic E-state index is -0.820. The third-order valence-corrected chi connectivity index (χ3v) is 6.13. The first kappa shape index (κ1) is 20.1. The van der Waals surface area contributed by atoms with E-state index in [0.29, 0.717) is 54.8 Å². The molecule has 0 unspecified atom stereocenters. The fourth-order valence-electron chi connectivity index (χ4n) is 4.21. The van der Waals surface area contributed by atoms with Gasteiger partial charge in [0, 0.05) is 49.3 Å². The summed E-state index contributed by atoms with van der Waals surface area (Å²) >= 11 is 5.87. The smallest absolute Gasteiger partial charge is 0.269 e. The van der Waals surface area contributed by atoms with E-state index in [4.69, 9.17) is 20.9 Å². The van der Waals surface area contributed by atoms with Crippen LogP contribution < -0.4 is 10.5 Å². The lowest BCUT2D eigenvalue weighted by Gasteiger charge is -2.53. The first-order valence-electron chi connectivity index (χ1n) is 10.1. The summed E-state index contributed by atoms with van der Waals surface area (Å²) < 4.78 is 26.3. The standard InChI is InChI=1S/C21H21ClFN5O3/c1-13-17(20(26-31-13)14-2-3-18(22)24-8-14)10-28-19(29)6-16(9-25-28)27-11-21(12-27)7-15(23)4-5-30-21/h2-3,6,8-9,15H,4-5,7,10-12H2,1H3/t15-/m1/s1. The van der Waals surface area contributed by atoms with E-state index in [-0.39, 0.29) is 12.1 Å². The van der Waals surface area contributed by atoms with Crippen LogP contribution in [0.25, 0.3) is 11.3 Å². The van der Waals surface area contributed by atoms with Crippen molar-refractivity contribution in [2.75, 3.05) is 24.6 Å². The lowest BCUT2D eigenvalue weighted by Crippen LogP contribution is -2.66. The Morgan fingerprint density at radius 3 is 2.87 bits per heavy atom. The Kier molecular flexibility index (Phi) is 5.02. The van der Waals surface area contributed by atoms with Gasteiger partial charge in [0.25, 0.3) is 5.56 Å². The number of halogens is 2. The van der Waals surface area contributed by atoms with Gasteiger partial charge < -0.3 is 14.2 Å². The predicted molar refractivity (Wildman–Crippen MR) is 112 cm³/mol. The average molecular weight is 446 g/mol. The van der Waals surface area contributed by atoms with Gasteiger partial charge in [-0.05, 0) is 19.1 Å². The summed E-state index contributed by atoms with van der Waals surface area (Å²) in [6.07, 6.45) is 3.30. The number of anilines is 1. The van der Waals surface area contributed by atoms with E-state index >= 15 is 0 Å². The topological polar surface area (TPSA) is 86.3 Å². The Hall–Kier alpha value is -2.78. The molecule has 1 spiro atoms. The van der Waals surface area contributed by atoms with Gasteiger partial charge in [-0.1, -0.05) is 16.8 Å². The average Bonchev–Trinajstić information content (AvgIpc) is 3.08. The van der Waals surface area contributed by atoms with E-state index in [2.05, 4.69) is 15.2 Å². The van der Waals surface area contributed by atoms with Gasteiger partial charge in [-0.15, -0.1) is 0 Å². The molecule has 0 aromatic carbocycles. The molecular weight excluding hydrogens is 425 g/mol. The van der Waals surface area contributed by atoms with Gasteiger partial charge in [0.1, 0.15) is 28.4 Å². The zero-order valence-electron chi connectivity index (χ0n) is 16.9. The first-order chi connectivity index (χ1) is 14.9. The molecule has 0 aliphatic carbocycles. The van der Waals surface area contributed by atoms with Gasteiger partial charge >= 0.3 is 0 Å². The molecule has 5 rings (SSSR count). The molecule has 2 aliphatic rings. The Morgan fingerprint density at radius 2 is 2.16 bits per heavy atom. The van der Waals surface area contributed by atoms with E-state index in [0.717, 1.165) is 11.1 Å². The van der Waals surface area contributed by atoms with Crippen LogP contribution in [0.2, 0.25) is 5.15 Å². The highest BCUT2D eigenvalue weighted by molar-refractivity contribution is 6.29. The number of rotatable bonds is 4. The lowest BCUT2D eigenvalue weighted by atomic mass is 9.85. The molecule has 8 nitrogen and oxygen atoms in total. The predicted octanol–water partition coefficient (Wildman–Crippen LogP) is 3.01. The van der Waals surface area contributed by atoms with Crippen LogP contribution in [0, 0.1) is 6.92 Å². The minimum Gasteiger partial charge on any atom is -0.371 e. The largest absolute Gasteiger partial charge is 0.371 e. The van der Waals surface area contributed by atoms with Crippen molar-refractivity contribution >= 4 is 17.3 Å². The van der Waals surface area contributed by atoms with Crippen LogP contribution in [0.1, 0.15) is 24.2 Å². The summed E-state index contributed by atoms with van der Waals surface area (Å²) in [6, 6.07) is 5.01. The Labute approximate surface area is 182 Å². The molecule has 3 aromatic heterocycles. The van der Waals surface area contributed by atoms with E-state index in [1.807, 2.05) is 4.90 Å². The van der Waals surface area contributed by atoms with Gasteiger partial charge in [0.15, 0.2) is 0 Å². The van der Waals surface area contributed by atoms with E-state index < -0.39 is 11.8 Å². The summed E-state index contributed by atoms with van der Waals surface area (Å²) in [6.45, 7) is 3.58. The Balaban J connectivity index is 1.34. The van der Waals surface area contributed by atoms with Gasteiger partial charge in [-0.25, -0.2) is 14.1 Å². The molecule has 2 saturated heterocycles. The zero-order valence-corrected chi connectivity index (χ0v) is 17.7. The normalized spacial score (nSPS) is 20.1. The van der Waals surface area contributed by atoms with Crippen LogP contribution in [-0.2, 0) is 11.3 Å². The fraction of sp³-hybridized carbons (Fsp3) is 0.429. The molecule has 0 amide bonds. The molecule has 0 N–H and O–H groups in total. The van der Waals surface area contributed by atoms with Crippen LogP contribution >= 0.6 is 11.6 Å². The molecule has 3 aromatic rings. The number of alkyl halides is 1. The van der Waals surface area contributed by atoms with Crippen LogP contribution in [0.15, 0.2) is 39.9 Å². The third-order valence-electron chi connectivity index (χ3n) is 5.90. The van der Waals surface area contributed by atoms with Gasteiger partial charge in [0.2, 0.25) is 0 Å². The Morgan fingerprint density at radius 1 is 1.32 bits per heavy atom. The maximum absolute atomic E-state index is 13.7. The second-order valence-electron chi connectivity index (χ2n) is 8.12. The van der Waals surface area contributed by atoms with Crippen LogP contribution in [0.3, 0.4) is 0 Å². The number of pyridine rings is 1. The lowest BCUT2D eigenvalue weighted by molar-refractivity contribution is -0.117. The van der Waals surface area contributed by atoms with E-state index in [1.54, 1.807) is 37.5 Å². The molecule has 0 saturated carbocycles. The van der Waals surface area contributed by atoms with Crippen LogP contribution in [0.4, 0.5) is 10.1 Å². The van der Waals surface area contributed by atoms with Crippen molar-refractivity contribution in [3.63, 3.8) is 0 Å². The summed E-state index contributed by atoms with van der Waals surface area (Å²) in [4.78, 5) is 18.8. The van der Waals surface area contributed by atoms with Gasteiger partial charge in [-0.3, -0.25) is 4.79 Å². The molecular formula is C21H21ClFN5O3. The van der Waals surface area contributed by atoms with Crippen molar-refractivity contribution in [3.05, 3.63) is 57.4 Å².